The van der Waals surface area contributed by atoms with Crippen LogP contribution in [0.15, 0.2) is 17.0 Å². The predicted molar refractivity (Wildman–Crippen MR) is 82.1 cm³/mol. The fourth-order valence-corrected chi connectivity index (χ4v) is 3.11. The van der Waals surface area contributed by atoms with Crippen LogP contribution in [0.3, 0.4) is 0 Å². The standard InChI is InChI=1S/C12H18ClFN2O2S2/c1-12(2,19-3)7-16-20(17,18)9-4-8(6-15)11(13)10(14)5-9/h4-5,16H,6-7,15H2,1-3H3. The van der Waals surface area contributed by atoms with Crippen molar-refractivity contribution in [3.63, 3.8) is 0 Å². The number of nitrogens with two attached hydrogens (primary N) is 1. The van der Waals surface area contributed by atoms with Crippen LogP contribution in [0.1, 0.15) is 19.4 Å². The number of halogens is 2. The minimum Gasteiger partial charge on any atom is -0.326 e. The van der Waals surface area contributed by atoms with Crippen LogP contribution in [0.5, 0.6) is 0 Å². The molecule has 0 aliphatic rings. The van der Waals surface area contributed by atoms with E-state index in [0.717, 1.165) is 6.07 Å². The molecule has 1 rings (SSSR count). The van der Waals surface area contributed by atoms with Gasteiger partial charge in [-0.05, 0) is 37.8 Å². The maximum Gasteiger partial charge on any atom is 0.240 e. The highest BCUT2D eigenvalue weighted by Crippen LogP contribution is 2.25. The van der Waals surface area contributed by atoms with Gasteiger partial charge in [-0.2, -0.15) is 11.8 Å². The van der Waals surface area contributed by atoms with Crippen molar-refractivity contribution in [1.29, 1.82) is 0 Å². The number of thioether (sulfide) groups is 1. The number of benzene rings is 1. The van der Waals surface area contributed by atoms with Crippen molar-refractivity contribution in [3.05, 3.63) is 28.5 Å². The summed E-state index contributed by atoms with van der Waals surface area (Å²) in [5, 5.41) is -0.143. The van der Waals surface area contributed by atoms with Crippen LogP contribution in [0, 0.1) is 5.82 Å². The SMILES string of the molecule is CSC(C)(C)CNS(=O)(=O)c1cc(F)c(Cl)c(CN)c1. The van der Waals surface area contributed by atoms with Gasteiger partial charge in [0.15, 0.2) is 0 Å². The number of hydrogen-bond donors (Lipinski definition) is 2. The van der Waals surface area contributed by atoms with Crippen LogP contribution in [-0.2, 0) is 16.6 Å². The van der Waals surface area contributed by atoms with Gasteiger partial charge in [0.1, 0.15) is 5.82 Å². The summed E-state index contributed by atoms with van der Waals surface area (Å²) in [6.45, 7) is 4.02. The second-order valence-electron chi connectivity index (χ2n) is 4.87. The van der Waals surface area contributed by atoms with Crippen LogP contribution < -0.4 is 10.5 Å². The average Bonchev–Trinajstić information content (AvgIpc) is 2.39. The molecule has 1 aromatic rings. The third-order valence-electron chi connectivity index (χ3n) is 2.85. The average molecular weight is 341 g/mol. The Morgan fingerprint density at radius 1 is 1.45 bits per heavy atom. The molecule has 4 nitrogen and oxygen atoms in total. The van der Waals surface area contributed by atoms with Crippen molar-refractivity contribution in [2.24, 2.45) is 5.73 Å². The molecule has 0 atom stereocenters. The highest BCUT2D eigenvalue weighted by molar-refractivity contribution is 8.00. The third kappa shape index (κ3) is 4.33. The molecule has 0 aromatic heterocycles. The first kappa shape index (κ1) is 17.7. The summed E-state index contributed by atoms with van der Waals surface area (Å²) >= 11 is 7.25. The highest BCUT2D eigenvalue weighted by atomic mass is 35.5. The van der Waals surface area contributed by atoms with E-state index in [1.54, 1.807) is 0 Å². The molecule has 0 saturated carbocycles. The van der Waals surface area contributed by atoms with Gasteiger partial charge >= 0.3 is 0 Å². The van der Waals surface area contributed by atoms with E-state index in [2.05, 4.69) is 4.72 Å². The maximum absolute atomic E-state index is 13.6. The van der Waals surface area contributed by atoms with E-state index >= 15 is 0 Å². The van der Waals surface area contributed by atoms with Gasteiger partial charge < -0.3 is 5.73 Å². The van der Waals surface area contributed by atoms with Crippen molar-refractivity contribution in [2.45, 2.75) is 30.0 Å². The van der Waals surface area contributed by atoms with Gasteiger partial charge in [0.25, 0.3) is 0 Å². The Morgan fingerprint density at radius 2 is 2.05 bits per heavy atom. The quantitative estimate of drug-likeness (QED) is 0.833. The van der Waals surface area contributed by atoms with Crippen LogP contribution in [0.25, 0.3) is 0 Å². The third-order valence-corrected chi connectivity index (χ3v) is 5.90. The van der Waals surface area contributed by atoms with Crippen LogP contribution in [0.4, 0.5) is 4.39 Å². The summed E-state index contributed by atoms with van der Waals surface area (Å²) in [5.74, 6) is -0.792. The van der Waals surface area contributed by atoms with Crippen LogP contribution in [-0.4, -0.2) is 26.0 Å². The van der Waals surface area contributed by atoms with Gasteiger partial charge in [-0.3, -0.25) is 0 Å². The van der Waals surface area contributed by atoms with Gasteiger partial charge in [0, 0.05) is 17.8 Å². The molecule has 0 aliphatic heterocycles. The van der Waals surface area contributed by atoms with Crippen LogP contribution >= 0.6 is 23.4 Å². The molecular formula is C12H18ClFN2O2S2. The first-order chi connectivity index (χ1) is 9.13. The molecule has 0 aliphatic carbocycles. The Balaban J connectivity index is 3.07. The van der Waals surface area contributed by atoms with Gasteiger partial charge in [0.05, 0.1) is 9.92 Å². The molecular weight excluding hydrogens is 323 g/mol. The van der Waals surface area contributed by atoms with E-state index in [9.17, 15) is 12.8 Å². The van der Waals surface area contributed by atoms with Gasteiger partial charge in [-0.25, -0.2) is 17.5 Å². The van der Waals surface area contributed by atoms with Gasteiger partial charge in [0.2, 0.25) is 10.0 Å². The maximum atomic E-state index is 13.6. The topological polar surface area (TPSA) is 72.2 Å². The molecule has 114 valence electrons. The van der Waals surface area contributed by atoms with E-state index in [1.165, 1.54) is 17.8 Å². The Morgan fingerprint density at radius 3 is 2.55 bits per heavy atom. The fourth-order valence-electron chi connectivity index (χ4n) is 1.35. The Labute approximate surface area is 128 Å². The molecule has 8 heteroatoms. The zero-order chi connectivity index (χ0) is 15.6. The Kier molecular flexibility index (Phi) is 5.86. The zero-order valence-corrected chi connectivity index (χ0v) is 13.9. The van der Waals surface area contributed by atoms with E-state index in [-0.39, 0.29) is 33.3 Å². The lowest BCUT2D eigenvalue weighted by molar-refractivity contribution is 0.567. The lowest BCUT2D eigenvalue weighted by Gasteiger charge is -2.22. The number of rotatable bonds is 6. The molecule has 0 saturated heterocycles. The lowest BCUT2D eigenvalue weighted by atomic mass is 10.2. The number of hydrogen-bond acceptors (Lipinski definition) is 4. The Hall–Kier alpha value is -0.340. The van der Waals surface area contributed by atoms with Crippen molar-refractivity contribution >= 4 is 33.4 Å². The number of sulfonamides is 1. The minimum absolute atomic E-state index is 0.0323. The summed E-state index contributed by atoms with van der Waals surface area (Å²) in [6, 6.07) is 2.19. The second-order valence-corrected chi connectivity index (χ2v) is 8.53. The normalized spacial score (nSPS) is 12.7. The predicted octanol–water partition coefficient (Wildman–Crippen LogP) is 2.36. The van der Waals surface area contributed by atoms with E-state index in [0.29, 0.717) is 0 Å². The molecule has 0 radical (unpaired) electrons. The highest BCUT2D eigenvalue weighted by Gasteiger charge is 2.23. The molecule has 20 heavy (non-hydrogen) atoms. The summed E-state index contributed by atoms with van der Waals surface area (Å²) in [4.78, 5) is -0.170. The van der Waals surface area contributed by atoms with E-state index < -0.39 is 15.8 Å². The molecule has 0 heterocycles. The van der Waals surface area contributed by atoms with Gasteiger partial charge in [-0.15, -0.1) is 0 Å². The summed E-state index contributed by atoms with van der Waals surface area (Å²) in [6.07, 6.45) is 1.89. The first-order valence-corrected chi connectivity index (χ1v) is 8.94. The monoisotopic (exact) mass is 340 g/mol. The molecule has 0 unspecified atom stereocenters. The van der Waals surface area contributed by atoms with Crippen molar-refractivity contribution in [3.8, 4) is 0 Å². The number of nitrogens with one attached hydrogen (secondary N) is 1. The van der Waals surface area contributed by atoms with Crippen molar-refractivity contribution in [1.82, 2.24) is 4.72 Å². The summed E-state index contributed by atoms with van der Waals surface area (Å²) < 4.78 is 40.1. The van der Waals surface area contributed by atoms with Gasteiger partial charge in [-0.1, -0.05) is 11.6 Å². The molecule has 3 N–H and O–H groups in total. The first-order valence-electron chi connectivity index (χ1n) is 5.86. The fraction of sp³-hybridized carbons (Fsp3) is 0.500. The smallest absolute Gasteiger partial charge is 0.240 e. The molecule has 0 amide bonds. The van der Waals surface area contributed by atoms with E-state index in [4.69, 9.17) is 17.3 Å². The molecule has 0 bridgehead atoms. The summed E-state index contributed by atoms with van der Waals surface area (Å²) in [5.41, 5.74) is 5.69. The Bertz CT molecular complexity index is 591. The zero-order valence-electron chi connectivity index (χ0n) is 11.5. The minimum atomic E-state index is -3.79. The van der Waals surface area contributed by atoms with Crippen molar-refractivity contribution < 1.29 is 12.8 Å². The summed E-state index contributed by atoms with van der Waals surface area (Å²) in [7, 11) is -3.79. The second kappa shape index (κ2) is 6.62. The molecule has 0 spiro atoms. The molecule has 1 aromatic carbocycles. The largest absolute Gasteiger partial charge is 0.326 e. The van der Waals surface area contributed by atoms with E-state index in [1.807, 2.05) is 20.1 Å². The van der Waals surface area contributed by atoms with Crippen molar-refractivity contribution in [2.75, 3.05) is 12.8 Å². The van der Waals surface area contributed by atoms with Crippen LogP contribution in [0.2, 0.25) is 5.02 Å². The lowest BCUT2D eigenvalue weighted by Crippen LogP contribution is -2.36. The molecule has 0 fully saturated rings.